The van der Waals surface area contributed by atoms with Crippen LogP contribution in [0.1, 0.15) is 57.5 Å². The molecule has 1 unspecified atom stereocenters. The van der Waals surface area contributed by atoms with E-state index < -0.39 is 17.7 Å². The second-order valence-corrected chi connectivity index (χ2v) is 11.7. The van der Waals surface area contributed by atoms with Gasteiger partial charge in [-0.1, -0.05) is 37.6 Å². The zero-order valence-corrected chi connectivity index (χ0v) is 23.1. The second-order valence-electron chi connectivity index (χ2n) is 10.2. The van der Waals surface area contributed by atoms with Crippen LogP contribution >= 0.6 is 23.4 Å². The van der Waals surface area contributed by atoms with E-state index in [4.69, 9.17) is 16.3 Å². The first-order valence-corrected chi connectivity index (χ1v) is 13.3. The Labute approximate surface area is 222 Å². The highest BCUT2D eigenvalue weighted by atomic mass is 35.5. The number of hydrogen-bond donors (Lipinski definition) is 2. The minimum Gasteiger partial charge on any atom is -0.444 e. The quantitative estimate of drug-likeness (QED) is 0.503. The third kappa shape index (κ3) is 7.40. The summed E-state index contributed by atoms with van der Waals surface area (Å²) in [7, 11) is 0. The Bertz CT molecular complexity index is 1110. The van der Waals surface area contributed by atoms with Gasteiger partial charge in [0.05, 0.1) is 12.2 Å². The number of anilines is 1. The average Bonchev–Trinajstić information content (AvgIpc) is 2.91. The van der Waals surface area contributed by atoms with Crippen molar-refractivity contribution in [3.05, 3.63) is 58.6 Å². The molecule has 0 spiro atoms. The monoisotopic (exact) mass is 531 g/mol. The summed E-state index contributed by atoms with van der Waals surface area (Å²) in [5.74, 6) is 0.136. The number of nitrogens with one attached hydrogen (secondary N) is 2. The van der Waals surface area contributed by atoms with E-state index in [1.807, 2.05) is 39.0 Å². The van der Waals surface area contributed by atoms with Gasteiger partial charge in [0.2, 0.25) is 0 Å². The first kappa shape index (κ1) is 27.9. The Hall–Kier alpha value is -2.71. The van der Waals surface area contributed by atoms with Crippen molar-refractivity contribution in [2.45, 2.75) is 70.7 Å². The molecule has 0 radical (unpaired) electrons. The van der Waals surface area contributed by atoms with Gasteiger partial charge in [0.25, 0.3) is 11.8 Å². The largest absolute Gasteiger partial charge is 0.444 e. The van der Waals surface area contributed by atoms with Gasteiger partial charge in [-0.3, -0.25) is 9.59 Å². The zero-order valence-electron chi connectivity index (χ0n) is 21.6. The minimum absolute atomic E-state index is 0.0000958. The van der Waals surface area contributed by atoms with Crippen LogP contribution in [0.4, 0.5) is 10.5 Å². The van der Waals surface area contributed by atoms with Crippen LogP contribution in [0.25, 0.3) is 0 Å². The molecule has 9 heteroatoms. The molecule has 0 aliphatic carbocycles. The lowest BCUT2D eigenvalue weighted by molar-refractivity contribution is -0.120. The fourth-order valence-corrected chi connectivity index (χ4v) is 4.67. The van der Waals surface area contributed by atoms with Crippen LogP contribution in [-0.2, 0) is 16.1 Å². The van der Waals surface area contributed by atoms with Gasteiger partial charge >= 0.3 is 6.09 Å². The third-order valence-corrected chi connectivity index (χ3v) is 7.19. The molecule has 1 aliphatic heterocycles. The Morgan fingerprint density at radius 2 is 1.81 bits per heavy atom. The van der Waals surface area contributed by atoms with Gasteiger partial charge in [-0.25, -0.2) is 4.79 Å². The number of nitrogens with zero attached hydrogens (tertiary/aromatic N) is 1. The summed E-state index contributed by atoms with van der Waals surface area (Å²) in [4.78, 5) is 41.6. The lowest BCUT2D eigenvalue weighted by Gasteiger charge is -2.27. The number of halogens is 1. The summed E-state index contributed by atoms with van der Waals surface area (Å²) in [5.41, 5.74) is 1.27. The number of rotatable bonds is 6. The highest BCUT2D eigenvalue weighted by molar-refractivity contribution is 7.99. The third-order valence-electron chi connectivity index (χ3n) is 5.79. The van der Waals surface area contributed by atoms with E-state index in [0.29, 0.717) is 22.0 Å². The van der Waals surface area contributed by atoms with Crippen LogP contribution in [0.2, 0.25) is 5.02 Å². The van der Waals surface area contributed by atoms with Gasteiger partial charge in [-0.15, -0.1) is 11.8 Å². The maximum Gasteiger partial charge on any atom is 0.408 e. The van der Waals surface area contributed by atoms with Crippen LogP contribution in [-0.4, -0.2) is 41.3 Å². The number of thioether (sulfide) groups is 1. The van der Waals surface area contributed by atoms with Crippen molar-refractivity contribution in [3.63, 3.8) is 0 Å². The van der Waals surface area contributed by atoms with Gasteiger partial charge in [0.1, 0.15) is 11.6 Å². The zero-order chi connectivity index (χ0) is 26.6. The van der Waals surface area contributed by atoms with Crippen LogP contribution in [0.5, 0.6) is 0 Å². The molecule has 3 rings (SSSR count). The second kappa shape index (κ2) is 11.6. The molecule has 2 aromatic carbocycles. The van der Waals surface area contributed by atoms with Crippen LogP contribution in [0.15, 0.2) is 47.4 Å². The smallest absolute Gasteiger partial charge is 0.408 e. The fraction of sp³-hybridized carbons (Fsp3) is 0.444. The van der Waals surface area contributed by atoms with Gasteiger partial charge in [0, 0.05) is 27.3 Å². The molecule has 0 fully saturated rings. The van der Waals surface area contributed by atoms with Crippen LogP contribution in [0, 0.1) is 5.92 Å². The number of carbonyl (C=O) groups is 3. The van der Waals surface area contributed by atoms with Crippen molar-refractivity contribution in [1.29, 1.82) is 0 Å². The highest BCUT2D eigenvalue weighted by Gasteiger charge is 2.33. The normalized spacial score (nSPS) is 16.7. The maximum atomic E-state index is 13.7. The van der Waals surface area contributed by atoms with E-state index in [0.717, 1.165) is 10.5 Å². The number of amides is 3. The van der Waals surface area contributed by atoms with Crippen LogP contribution < -0.4 is 15.5 Å². The standard InChI is InChI=1S/C27H34ClN3O4S/c1-16(2)17(3)29-24(32)19-9-12-23-22(13-19)31(14-18-7-10-20(28)11-8-18)25(33)21(15-36-23)30-26(34)35-27(4,5)6/h7-13,16-17,21H,14-15H2,1-6H3,(H,29,32)(H,30,34)/t17?,21-/m0/s1. The minimum atomic E-state index is -0.803. The lowest BCUT2D eigenvalue weighted by Crippen LogP contribution is -2.50. The summed E-state index contributed by atoms with van der Waals surface area (Å²) in [6, 6.07) is 11.8. The van der Waals surface area contributed by atoms with E-state index in [9.17, 15) is 14.4 Å². The van der Waals surface area contributed by atoms with Crippen molar-refractivity contribution in [1.82, 2.24) is 10.6 Å². The predicted molar refractivity (Wildman–Crippen MR) is 145 cm³/mol. The fourth-order valence-electron chi connectivity index (χ4n) is 3.49. The highest BCUT2D eigenvalue weighted by Crippen LogP contribution is 2.36. The molecule has 0 saturated heterocycles. The predicted octanol–water partition coefficient (Wildman–Crippen LogP) is 5.65. The molecule has 1 aliphatic rings. The number of alkyl carbamates (subject to hydrolysis) is 1. The van der Waals surface area contributed by atoms with E-state index in [1.165, 1.54) is 11.8 Å². The number of carbonyl (C=O) groups excluding carboxylic acids is 3. The molecule has 1 heterocycles. The molecule has 0 bridgehead atoms. The summed E-state index contributed by atoms with van der Waals surface area (Å²) in [6.07, 6.45) is -0.651. The number of hydrogen-bond acceptors (Lipinski definition) is 5. The molecule has 2 N–H and O–H groups in total. The molecule has 194 valence electrons. The van der Waals surface area contributed by atoms with Gasteiger partial charge in [-0.05, 0) is 69.5 Å². The van der Waals surface area contributed by atoms with E-state index in [2.05, 4.69) is 10.6 Å². The molecule has 0 aromatic heterocycles. The van der Waals surface area contributed by atoms with Gasteiger partial charge < -0.3 is 20.3 Å². The van der Waals surface area contributed by atoms with Crippen molar-refractivity contribution in [2.24, 2.45) is 5.92 Å². The molecule has 0 saturated carbocycles. The number of fused-ring (bicyclic) bond motifs is 1. The molecule has 3 amide bonds. The summed E-state index contributed by atoms with van der Waals surface area (Å²) in [5, 5.41) is 6.34. The summed E-state index contributed by atoms with van der Waals surface area (Å²) in [6.45, 7) is 11.6. The van der Waals surface area contributed by atoms with Crippen molar-refractivity contribution in [2.75, 3.05) is 10.7 Å². The Balaban J connectivity index is 1.95. The SMILES string of the molecule is CC(C)C(C)NC(=O)c1ccc2c(c1)N(Cc1ccc(Cl)cc1)C(=O)[C@@H](NC(=O)OC(C)(C)C)CS2. The van der Waals surface area contributed by atoms with E-state index in [1.54, 1.807) is 49.9 Å². The number of ether oxygens (including phenoxy) is 1. The van der Waals surface area contributed by atoms with E-state index in [-0.39, 0.29) is 30.3 Å². The first-order valence-electron chi connectivity index (χ1n) is 12.0. The molecule has 36 heavy (non-hydrogen) atoms. The van der Waals surface area contributed by atoms with Gasteiger partial charge in [0.15, 0.2) is 0 Å². The Morgan fingerprint density at radius 3 is 2.42 bits per heavy atom. The first-order chi connectivity index (χ1) is 16.8. The molecule has 2 aromatic rings. The topological polar surface area (TPSA) is 87.7 Å². The number of benzene rings is 2. The molecular weight excluding hydrogens is 498 g/mol. The molecule has 2 atom stereocenters. The van der Waals surface area contributed by atoms with Crippen LogP contribution in [0.3, 0.4) is 0 Å². The maximum absolute atomic E-state index is 13.7. The van der Waals surface area contributed by atoms with Crippen molar-refractivity contribution in [3.8, 4) is 0 Å². The van der Waals surface area contributed by atoms with Crippen molar-refractivity contribution >= 4 is 47.0 Å². The summed E-state index contributed by atoms with van der Waals surface area (Å²) < 4.78 is 5.38. The summed E-state index contributed by atoms with van der Waals surface area (Å²) >= 11 is 7.50. The van der Waals surface area contributed by atoms with Crippen molar-refractivity contribution < 1.29 is 19.1 Å². The molecular formula is C27H34ClN3O4S. The average molecular weight is 532 g/mol. The molecule has 7 nitrogen and oxygen atoms in total. The lowest BCUT2D eigenvalue weighted by atomic mass is 10.1. The Morgan fingerprint density at radius 1 is 1.14 bits per heavy atom. The van der Waals surface area contributed by atoms with E-state index >= 15 is 0 Å². The Kier molecular flexibility index (Phi) is 8.95. The van der Waals surface area contributed by atoms with Gasteiger partial charge in [-0.2, -0.15) is 0 Å².